The molecular weight excluding hydrogens is 156 g/mol. The van der Waals surface area contributed by atoms with E-state index in [9.17, 15) is 9.59 Å². The molecule has 3 heteroatoms. The van der Waals surface area contributed by atoms with E-state index in [1.54, 1.807) is 0 Å². The fourth-order valence-corrected chi connectivity index (χ4v) is 1.09. The largest absolute Gasteiger partial charge is 0.504 e. The minimum absolute atomic E-state index is 0.314. The third-order valence-corrected chi connectivity index (χ3v) is 1.95. The lowest BCUT2D eigenvalue weighted by Crippen LogP contribution is -2.34. The van der Waals surface area contributed by atoms with Gasteiger partial charge in [-0.05, 0) is 18.8 Å². The van der Waals surface area contributed by atoms with E-state index in [-0.39, 0.29) is 5.75 Å². The Hall–Kier alpha value is -1.12. The summed E-state index contributed by atoms with van der Waals surface area (Å²) in [6.07, 6.45) is 1.35. The standard InChI is InChI=1S/C9H12O3/c1-5(2)3-4-6-7(10)9(12)8(6)11/h5,10H,3-4H2,1-2H3. The van der Waals surface area contributed by atoms with Crippen LogP contribution in [0.2, 0.25) is 0 Å². The van der Waals surface area contributed by atoms with Crippen molar-refractivity contribution in [2.75, 3.05) is 0 Å². The maximum atomic E-state index is 10.8. The van der Waals surface area contributed by atoms with Crippen LogP contribution in [0, 0.1) is 5.92 Å². The Morgan fingerprint density at radius 1 is 1.25 bits per heavy atom. The fraction of sp³-hybridized carbons (Fsp3) is 0.556. The molecule has 0 saturated heterocycles. The molecule has 1 aromatic carbocycles. The summed E-state index contributed by atoms with van der Waals surface area (Å²) in [6, 6.07) is 0. The highest BCUT2D eigenvalue weighted by molar-refractivity contribution is 5.37. The minimum Gasteiger partial charge on any atom is -0.504 e. The van der Waals surface area contributed by atoms with Gasteiger partial charge in [-0.25, -0.2) is 0 Å². The maximum absolute atomic E-state index is 10.8. The van der Waals surface area contributed by atoms with E-state index in [2.05, 4.69) is 0 Å². The van der Waals surface area contributed by atoms with Crippen LogP contribution >= 0.6 is 0 Å². The summed E-state index contributed by atoms with van der Waals surface area (Å²) < 4.78 is 0. The van der Waals surface area contributed by atoms with Gasteiger partial charge < -0.3 is 5.11 Å². The van der Waals surface area contributed by atoms with Crippen LogP contribution in [0.3, 0.4) is 0 Å². The molecule has 0 radical (unpaired) electrons. The Bertz CT molecular complexity index is 342. The molecule has 3 nitrogen and oxygen atoms in total. The molecule has 0 aliphatic heterocycles. The van der Waals surface area contributed by atoms with Crippen molar-refractivity contribution >= 4 is 0 Å². The molecular formula is C9H12O3. The summed E-state index contributed by atoms with van der Waals surface area (Å²) in [5.41, 5.74) is -0.921. The van der Waals surface area contributed by atoms with Crippen LogP contribution in [0.15, 0.2) is 9.59 Å². The summed E-state index contributed by atoms with van der Waals surface area (Å²) in [6.45, 7) is 4.06. The van der Waals surface area contributed by atoms with Gasteiger partial charge in [0.1, 0.15) is 0 Å². The Kier molecular flexibility index (Phi) is 2.31. The minimum atomic E-state index is -0.728. The highest BCUT2D eigenvalue weighted by Gasteiger charge is 2.19. The molecule has 12 heavy (non-hydrogen) atoms. The molecule has 0 saturated carbocycles. The first-order chi connectivity index (χ1) is 5.54. The van der Waals surface area contributed by atoms with Gasteiger partial charge in [0.05, 0.1) is 0 Å². The summed E-state index contributed by atoms with van der Waals surface area (Å²) in [5.74, 6) is 0.162. The van der Waals surface area contributed by atoms with Gasteiger partial charge >= 0.3 is 0 Å². The Balaban J connectivity index is 2.67. The van der Waals surface area contributed by atoms with Gasteiger partial charge in [0.25, 0.3) is 5.43 Å². The molecule has 0 aliphatic rings. The molecule has 0 atom stereocenters. The van der Waals surface area contributed by atoms with Crippen molar-refractivity contribution in [1.29, 1.82) is 0 Å². The zero-order valence-corrected chi connectivity index (χ0v) is 7.26. The number of hydrogen-bond acceptors (Lipinski definition) is 3. The van der Waals surface area contributed by atoms with Crippen molar-refractivity contribution in [2.45, 2.75) is 26.7 Å². The van der Waals surface area contributed by atoms with Crippen LogP contribution in [0.25, 0.3) is 0 Å². The van der Waals surface area contributed by atoms with Crippen LogP contribution < -0.4 is 10.9 Å². The number of hydrogen-bond donors (Lipinski definition) is 1. The van der Waals surface area contributed by atoms with Gasteiger partial charge in [-0.15, -0.1) is 0 Å². The monoisotopic (exact) mass is 168 g/mol. The number of rotatable bonds is 3. The SMILES string of the molecule is CC(C)CCc1c(O)c(=O)c1=O. The van der Waals surface area contributed by atoms with Crippen molar-refractivity contribution in [3.8, 4) is 5.75 Å². The molecule has 0 unspecified atom stereocenters. The second-order valence-corrected chi connectivity index (χ2v) is 3.42. The van der Waals surface area contributed by atoms with Crippen molar-refractivity contribution < 1.29 is 5.11 Å². The first-order valence-corrected chi connectivity index (χ1v) is 4.05. The quantitative estimate of drug-likeness (QED) is 0.671. The molecule has 0 spiro atoms. The summed E-state index contributed by atoms with van der Waals surface area (Å²) >= 11 is 0. The van der Waals surface area contributed by atoms with Crippen molar-refractivity contribution in [2.24, 2.45) is 5.92 Å². The zero-order chi connectivity index (χ0) is 9.30. The van der Waals surface area contributed by atoms with Crippen molar-refractivity contribution in [1.82, 2.24) is 0 Å². The third-order valence-electron chi connectivity index (χ3n) is 1.95. The molecule has 0 fully saturated rings. The zero-order valence-electron chi connectivity index (χ0n) is 7.26. The second-order valence-electron chi connectivity index (χ2n) is 3.42. The van der Waals surface area contributed by atoms with Gasteiger partial charge in [0.15, 0.2) is 5.75 Å². The van der Waals surface area contributed by atoms with Gasteiger partial charge in [0.2, 0.25) is 5.43 Å². The van der Waals surface area contributed by atoms with Crippen LogP contribution in [0.4, 0.5) is 0 Å². The summed E-state index contributed by atoms with van der Waals surface area (Å²) in [5, 5.41) is 8.97. The lowest BCUT2D eigenvalue weighted by atomic mass is 9.99. The highest BCUT2D eigenvalue weighted by Crippen LogP contribution is 2.13. The van der Waals surface area contributed by atoms with Gasteiger partial charge in [0, 0.05) is 5.56 Å². The predicted octanol–water partition coefficient (Wildman–Crippen LogP) is 0.577. The van der Waals surface area contributed by atoms with E-state index < -0.39 is 10.9 Å². The van der Waals surface area contributed by atoms with Crippen LogP contribution in [-0.4, -0.2) is 5.11 Å². The Morgan fingerprint density at radius 3 is 2.25 bits per heavy atom. The van der Waals surface area contributed by atoms with Gasteiger partial charge in [-0.2, -0.15) is 0 Å². The second kappa shape index (κ2) is 3.09. The molecule has 0 amide bonds. The smallest absolute Gasteiger partial charge is 0.267 e. The Morgan fingerprint density at radius 2 is 1.83 bits per heavy atom. The predicted molar refractivity (Wildman–Crippen MR) is 46.2 cm³/mol. The van der Waals surface area contributed by atoms with Gasteiger partial charge in [-0.1, -0.05) is 13.8 Å². The first-order valence-electron chi connectivity index (χ1n) is 4.05. The maximum Gasteiger partial charge on any atom is 0.267 e. The molecule has 1 rings (SSSR count). The van der Waals surface area contributed by atoms with E-state index in [0.29, 0.717) is 17.9 Å². The third kappa shape index (κ3) is 1.40. The summed E-state index contributed by atoms with van der Waals surface area (Å²) in [7, 11) is 0. The summed E-state index contributed by atoms with van der Waals surface area (Å²) in [4.78, 5) is 21.4. The molecule has 1 N–H and O–H groups in total. The van der Waals surface area contributed by atoms with E-state index in [4.69, 9.17) is 5.11 Å². The molecule has 66 valence electrons. The normalized spacial score (nSPS) is 11.2. The van der Waals surface area contributed by atoms with Crippen LogP contribution in [0.1, 0.15) is 25.8 Å². The fourth-order valence-electron chi connectivity index (χ4n) is 1.09. The molecule has 0 heterocycles. The average molecular weight is 168 g/mol. The molecule has 0 aromatic heterocycles. The van der Waals surface area contributed by atoms with E-state index >= 15 is 0 Å². The highest BCUT2D eigenvalue weighted by atomic mass is 16.3. The van der Waals surface area contributed by atoms with E-state index in [0.717, 1.165) is 6.42 Å². The number of aromatic hydroxyl groups is 1. The Labute approximate surface area is 70.4 Å². The molecule has 0 aliphatic carbocycles. The lowest BCUT2D eigenvalue weighted by Gasteiger charge is -2.06. The van der Waals surface area contributed by atoms with Crippen molar-refractivity contribution in [3.63, 3.8) is 0 Å². The van der Waals surface area contributed by atoms with Crippen LogP contribution in [0.5, 0.6) is 5.75 Å². The van der Waals surface area contributed by atoms with E-state index in [1.807, 2.05) is 13.8 Å². The average Bonchev–Trinajstić information content (AvgIpc) is 2.03. The first kappa shape index (κ1) is 8.97. The van der Waals surface area contributed by atoms with Crippen LogP contribution in [-0.2, 0) is 6.42 Å². The van der Waals surface area contributed by atoms with E-state index in [1.165, 1.54) is 0 Å². The molecule has 1 aromatic rings. The molecule has 0 bridgehead atoms. The van der Waals surface area contributed by atoms with Gasteiger partial charge in [-0.3, -0.25) is 9.59 Å². The van der Waals surface area contributed by atoms with Crippen molar-refractivity contribution in [3.05, 3.63) is 26.0 Å². The topological polar surface area (TPSA) is 54.4 Å². The lowest BCUT2D eigenvalue weighted by molar-refractivity contribution is 0.448.